The molecule has 1 amide bonds. The second-order valence-electron chi connectivity index (χ2n) is 5.59. The number of carbonyl (C=O) groups excluding carboxylic acids is 1. The number of amides is 1. The van der Waals surface area contributed by atoms with E-state index in [1.54, 1.807) is 4.90 Å². The molecule has 24 heavy (non-hydrogen) atoms. The number of halogens is 1. The van der Waals surface area contributed by atoms with Gasteiger partial charge in [0.15, 0.2) is 0 Å². The van der Waals surface area contributed by atoms with E-state index in [1.807, 2.05) is 66.5 Å². The Morgan fingerprint density at radius 3 is 2.42 bits per heavy atom. The number of para-hydroxylation sites is 1. The molecule has 0 atom stereocenters. The van der Waals surface area contributed by atoms with Crippen LogP contribution in [-0.4, -0.2) is 30.9 Å². The van der Waals surface area contributed by atoms with Gasteiger partial charge in [0, 0.05) is 23.8 Å². The molecule has 4 nitrogen and oxygen atoms in total. The number of hydrogen-bond acceptors (Lipinski definition) is 3. The predicted octanol–water partition coefficient (Wildman–Crippen LogP) is 3.72. The van der Waals surface area contributed by atoms with Crippen LogP contribution >= 0.6 is 11.6 Å². The molecule has 0 unspecified atom stereocenters. The van der Waals surface area contributed by atoms with Gasteiger partial charge in [-0.3, -0.25) is 9.69 Å². The number of benzene rings is 2. The largest absolute Gasteiger partial charge is 0.310 e. The summed E-state index contributed by atoms with van der Waals surface area (Å²) < 4.78 is 0. The summed E-state index contributed by atoms with van der Waals surface area (Å²) in [6.45, 7) is 1.33. The van der Waals surface area contributed by atoms with Crippen molar-refractivity contribution in [2.45, 2.75) is 13.0 Å². The second kappa shape index (κ2) is 9.07. The minimum Gasteiger partial charge on any atom is -0.310 e. The van der Waals surface area contributed by atoms with E-state index in [4.69, 9.17) is 16.9 Å². The number of hydrogen-bond donors (Lipinski definition) is 0. The van der Waals surface area contributed by atoms with E-state index in [0.29, 0.717) is 24.5 Å². The fraction of sp³-hybridized carbons (Fsp3) is 0.263. The third kappa shape index (κ3) is 5.38. The molecule has 5 heteroatoms. The number of rotatable bonds is 7. The maximum absolute atomic E-state index is 12.7. The summed E-state index contributed by atoms with van der Waals surface area (Å²) in [4.78, 5) is 16.3. The average molecular weight is 342 g/mol. The predicted molar refractivity (Wildman–Crippen MR) is 96.8 cm³/mol. The lowest BCUT2D eigenvalue weighted by atomic mass is 10.2. The number of nitriles is 1. The molecule has 0 N–H and O–H groups in total. The highest BCUT2D eigenvalue weighted by molar-refractivity contribution is 6.30. The van der Waals surface area contributed by atoms with E-state index in [2.05, 4.69) is 6.07 Å². The Balaban J connectivity index is 2.01. The maximum Gasteiger partial charge on any atom is 0.241 e. The highest BCUT2D eigenvalue weighted by Crippen LogP contribution is 2.15. The molecule has 0 saturated carbocycles. The van der Waals surface area contributed by atoms with Crippen molar-refractivity contribution < 1.29 is 4.79 Å². The average Bonchev–Trinajstić information content (AvgIpc) is 2.58. The van der Waals surface area contributed by atoms with Gasteiger partial charge in [-0.2, -0.15) is 5.26 Å². The minimum absolute atomic E-state index is 0.0205. The van der Waals surface area contributed by atoms with Crippen molar-refractivity contribution in [1.82, 2.24) is 4.90 Å². The van der Waals surface area contributed by atoms with E-state index in [9.17, 15) is 4.79 Å². The zero-order chi connectivity index (χ0) is 17.4. The van der Waals surface area contributed by atoms with Crippen LogP contribution < -0.4 is 4.90 Å². The summed E-state index contributed by atoms with van der Waals surface area (Å²) in [5.41, 5.74) is 1.91. The second-order valence-corrected chi connectivity index (χ2v) is 6.02. The zero-order valence-electron chi connectivity index (χ0n) is 13.7. The molecule has 0 aliphatic rings. The molecule has 0 aliphatic heterocycles. The van der Waals surface area contributed by atoms with Gasteiger partial charge in [-0.25, -0.2) is 0 Å². The smallest absolute Gasteiger partial charge is 0.241 e. The van der Waals surface area contributed by atoms with Crippen LogP contribution in [0.5, 0.6) is 0 Å². The van der Waals surface area contributed by atoms with Crippen molar-refractivity contribution in [3.8, 4) is 6.07 Å². The Morgan fingerprint density at radius 1 is 1.12 bits per heavy atom. The first kappa shape index (κ1) is 18.0. The first-order valence-electron chi connectivity index (χ1n) is 7.75. The molecule has 0 aromatic heterocycles. The van der Waals surface area contributed by atoms with Crippen LogP contribution in [0.2, 0.25) is 5.02 Å². The van der Waals surface area contributed by atoms with Gasteiger partial charge in [-0.05, 0) is 36.9 Å². The number of anilines is 1. The topological polar surface area (TPSA) is 47.3 Å². The van der Waals surface area contributed by atoms with Crippen LogP contribution in [0, 0.1) is 11.3 Å². The SMILES string of the molecule is CN(CC(=O)N(CCC#N)c1ccccc1)Cc1ccc(Cl)cc1. The first-order chi connectivity index (χ1) is 11.6. The molecule has 124 valence electrons. The number of carbonyl (C=O) groups is 1. The molecule has 2 aromatic rings. The fourth-order valence-electron chi connectivity index (χ4n) is 2.44. The first-order valence-corrected chi connectivity index (χ1v) is 8.13. The molecule has 0 spiro atoms. The van der Waals surface area contributed by atoms with Crippen LogP contribution in [-0.2, 0) is 11.3 Å². The zero-order valence-corrected chi connectivity index (χ0v) is 14.4. The van der Waals surface area contributed by atoms with Crippen molar-refractivity contribution in [3.05, 3.63) is 65.2 Å². The van der Waals surface area contributed by atoms with Gasteiger partial charge in [0.25, 0.3) is 0 Å². The van der Waals surface area contributed by atoms with Crippen molar-refractivity contribution in [3.63, 3.8) is 0 Å². The highest BCUT2D eigenvalue weighted by Gasteiger charge is 2.17. The van der Waals surface area contributed by atoms with Gasteiger partial charge in [0.1, 0.15) is 0 Å². The normalized spacial score (nSPS) is 10.4. The third-order valence-corrected chi connectivity index (χ3v) is 3.84. The van der Waals surface area contributed by atoms with Crippen LogP contribution in [0.15, 0.2) is 54.6 Å². The molecular weight excluding hydrogens is 322 g/mol. The quantitative estimate of drug-likeness (QED) is 0.771. The van der Waals surface area contributed by atoms with Crippen LogP contribution in [0.25, 0.3) is 0 Å². The molecule has 0 bridgehead atoms. The van der Waals surface area contributed by atoms with Crippen molar-refractivity contribution in [1.29, 1.82) is 5.26 Å². The fourth-order valence-corrected chi connectivity index (χ4v) is 2.57. The monoisotopic (exact) mass is 341 g/mol. The van der Waals surface area contributed by atoms with E-state index in [-0.39, 0.29) is 12.5 Å². The lowest BCUT2D eigenvalue weighted by molar-refractivity contribution is -0.119. The molecule has 2 aromatic carbocycles. The van der Waals surface area contributed by atoms with Crippen LogP contribution in [0.3, 0.4) is 0 Å². The Labute approximate surface area is 147 Å². The van der Waals surface area contributed by atoms with Gasteiger partial charge in [0.2, 0.25) is 5.91 Å². The molecule has 0 saturated heterocycles. The minimum atomic E-state index is -0.0205. The Kier molecular flexibility index (Phi) is 6.80. The summed E-state index contributed by atoms with van der Waals surface area (Å²) in [6, 6.07) is 19.1. The van der Waals surface area contributed by atoms with Crippen LogP contribution in [0.4, 0.5) is 5.69 Å². The van der Waals surface area contributed by atoms with Gasteiger partial charge in [0.05, 0.1) is 19.0 Å². The third-order valence-electron chi connectivity index (χ3n) is 3.59. The molecule has 0 radical (unpaired) electrons. The molecule has 0 heterocycles. The van der Waals surface area contributed by atoms with Gasteiger partial charge < -0.3 is 4.90 Å². The molecule has 0 fully saturated rings. The Hall–Kier alpha value is -2.35. The van der Waals surface area contributed by atoms with E-state index < -0.39 is 0 Å². The van der Waals surface area contributed by atoms with E-state index >= 15 is 0 Å². The Bertz CT molecular complexity index is 695. The highest BCUT2D eigenvalue weighted by atomic mass is 35.5. The summed E-state index contributed by atoms with van der Waals surface area (Å²) >= 11 is 5.89. The standard InChI is InChI=1S/C19H20ClN3O/c1-22(14-16-8-10-17(20)11-9-16)15-19(24)23(13-5-12-21)18-6-3-2-4-7-18/h2-4,6-11H,5,13-15H2,1H3. The van der Waals surface area contributed by atoms with E-state index in [0.717, 1.165) is 11.3 Å². The summed E-state index contributed by atoms with van der Waals surface area (Å²) in [6.07, 6.45) is 0.307. The van der Waals surface area contributed by atoms with Crippen LogP contribution in [0.1, 0.15) is 12.0 Å². The van der Waals surface area contributed by atoms with Crippen molar-refractivity contribution in [2.24, 2.45) is 0 Å². The Morgan fingerprint density at radius 2 is 1.79 bits per heavy atom. The van der Waals surface area contributed by atoms with Gasteiger partial charge in [-0.15, -0.1) is 0 Å². The molecular formula is C19H20ClN3O. The maximum atomic E-state index is 12.7. The van der Waals surface area contributed by atoms with Crippen molar-refractivity contribution >= 4 is 23.2 Å². The molecule has 0 aliphatic carbocycles. The summed E-state index contributed by atoms with van der Waals surface area (Å²) in [5, 5.41) is 9.53. The van der Waals surface area contributed by atoms with E-state index in [1.165, 1.54) is 0 Å². The number of nitrogens with zero attached hydrogens (tertiary/aromatic N) is 3. The lowest BCUT2D eigenvalue weighted by Gasteiger charge is -2.25. The van der Waals surface area contributed by atoms with Crippen molar-refractivity contribution in [2.75, 3.05) is 25.0 Å². The van der Waals surface area contributed by atoms with Gasteiger partial charge >= 0.3 is 0 Å². The lowest BCUT2D eigenvalue weighted by Crippen LogP contribution is -2.39. The van der Waals surface area contributed by atoms with Gasteiger partial charge in [-0.1, -0.05) is 41.9 Å². The molecule has 2 rings (SSSR count). The summed E-state index contributed by atoms with van der Waals surface area (Å²) in [5.74, 6) is -0.0205. The summed E-state index contributed by atoms with van der Waals surface area (Å²) in [7, 11) is 1.90. The number of likely N-dealkylation sites (N-methyl/N-ethyl adjacent to an activating group) is 1.